The Hall–Kier alpha value is -2.42. The SMILES string of the molecule is COC(=O)c1cc(OCC(F)F)ccc1N(C(N)=O)C1CCNCC1. The molecule has 0 aliphatic carbocycles. The first-order chi connectivity index (χ1) is 11.9. The number of methoxy groups -OCH3 is 1. The number of halogens is 2. The molecule has 0 radical (unpaired) electrons. The Morgan fingerprint density at radius 3 is 2.60 bits per heavy atom. The summed E-state index contributed by atoms with van der Waals surface area (Å²) in [6.07, 6.45) is -1.29. The first-order valence-electron chi connectivity index (χ1n) is 7.86. The van der Waals surface area contributed by atoms with E-state index in [-0.39, 0.29) is 23.0 Å². The zero-order valence-corrected chi connectivity index (χ0v) is 13.8. The van der Waals surface area contributed by atoms with Crippen LogP contribution >= 0.6 is 0 Å². The third-order valence-electron chi connectivity index (χ3n) is 3.92. The van der Waals surface area contributed by atoms with Crippen LogP contribution in [-0.2, 0) is 4.74 Å². The lowest BCUT2D eigenvalue weighted by atomic mass is 10.0. The van der Waals surface area contributed by atoms with Crippen LogP contribution < -0.4 is 20.7 Å². The fourth-order valence-electron chi connectivity index (χ4n) is 2.81. The summed E-state index contributed by atoms with van der Waals surface area (Å²) in [6.45, 7) is 0.642. The lowest BCUT2D eigenvalue weighted by molar-refractivity contribution is 0.0600. The maximum atomic E-state index is 12.3. The number of alkyl halides is 2. The quantitative estimate of drug-likeness (QED) is 0.757. The molecule has 2 amide bonds. The number of urea groups is 1. The molecule has 0 unspecified atom stereocenters. The first kappa shape index (κ1) is 18.9. The second kappa shape index (κ2) is 8.61. The summed E-state index contributed by atoms with van der Waals surface area (Å²) < 4.78 is 34.3. The van der Waals surface area contributed by atoms with E-state index in [0.29, 0.717) is 12.8 Å². The van der Waals surface area contributed by atoms with E-state index in [2.05, 4.69) is 5.32 Å². The molecule has 0 aromatic heterocycles. The van der Waals surface area contributed by atoms with Crippen LogP contribution in [0, 0.1) is 0 Å². The van der Waals surface area contributed by atoms with Gasteiger partial charge in [0.15, 0.2) is 0 Å². The Balaban J connectivity index is 2.38. The first-order valence-corrected chi connectivity index (χ1v) is 7.86. The summed E-state index contributed by atoms with van der Waals surface area (Å²) in [6, 6.07) is 3.29. The number of nitrogens with two attached hydrogens (primary N) is 1. The minimum absolute atomic E-state index is 0.0339. The maximum Gasteiger partial charge on any atom is 0.340 e. The summed E-state index contributed by atoms with van der Waals surface area (Å²) in [7, 11) is 1.19. The van der Waals surface area contributed by atoms with Gasteiger partial charge < -0.3 is 20.5 Å². The van der Waals surface area contributed by atoms with Gasteiger partial charge in [0.2, 0.25) is 0 Å². The van der Waals surface area contributed by atoms with Gasteiger partial charge >= 0.3 is 12.0 Å². The van der Waals surface area contributed by atoms with E-state index in [4.69, 9.17) is 15.2 Å². The van der Waals surface area contributed by atoms with Crippen molar-refractivity contribution >= 4 is 17.7 Å². The molecule has 0 saturated carbocycles. The zero-order valence-electron chi connectivity index (χ0n) is 13.8. The van der Waals surface area contributed by atoms with Gasteiger partial charge in [0.25, 0.3) is 6.43 Å². The molecule has 0 bridgehead atoms. The number of anilines is 1. The summed E-state index contributed by atoms with van der Waals surface area (Å²) in [5.74, 6) is -0.628. The van der Waals surface area contributed by atoms with E-state index in [0.717, 1.165) is 13.1 Å². The minimum atomic E-state index is -2.64. The molecule has 1 aliphatic heterocycles. The van der Waals surface area contributed by atoms with E-state index in [1.54, 1.807) is 0 Å². The second-order valence-electron chi connectivity index (χ2n) is 5.56. The Morgan fingerprint density at radius 1 is 1.36 bits per heavy atom. The number of nitrogens with zero attached hydrogens (tertiary/aromatic N) is 1. The molecule has 1 aromatic carbocycles. The summed E-state index contributed by atoms with van der Waals surface area (Å²) in [5, 5.41) is 3.18. The fourth-order valence-corrected chi connectivity index (χ4v) is 2.81. The normalized spacial score (nSPS) is 15.0. The van der Waals surface area contributed by atoms with Crippen LogP contribution in [0.4, 0.5) is 19.3 Å². The molecule has 1 fully saturated rings. The third-order valence-corrected chi connectivity index (χ3v) is 3.92. The number of hydrogen-bond donors (Lipinski definition) is 2. The zero-order chi connectivity index (χ0) is 18.4. The van der Waals surface area contributed by atoms with Gasteiger partial charge in [-0.05, 0) is 44.1 Å². The van der Waals surface area contributed by atoms with Gasteiger partial charge in [0.1, 0.15) is 12.4 Å². The third kappa shape index (κ3) is 4.79. The molecule has 138 valence electrons. The van der Waals surface area contributed by atoms with Crippen LogP contribution in [0.25, 0.3) is 0 Å². The predicted molar refractivity (Wildman–Crippen MR) is 87.2 cm³/mol. The van der Waals surface area contributed by atoms with Gasteiger partial charge in [-0.1, -0.05) is 0 Å². The fraction of sp³-hybridized carbons (Fsp3) is 0.500. The second-order valence-corrected chi connectivity index (χ2v) is 5.56. The van der Waals surface area contributed by atoms with E-state index < -0.39 is 25.0 Å². The molecule has 0 atom stereocenters. The van der Waals surface area contributed by atoms with Crippen LogP contribution in [0.2, 0.25) is 0 Å². The smallest absolute Gasteiger partial charge is 0.340 e. The Labute approximate surface area is 144 Å². The van der Waals surface area contributed by atoms with Gasteiger partial charge in [-0.15, -0.1) is 0 Å². The average Bonchev–Trinajstić information content (AvgIpc) is 2.60. The number of rotatable bonds is 6. The minimum Gasteiger partial charge on any atom is -0.488 e. The molecule has 2 rings (SSSR count). The lowest BCUT2D eigenvalue weighted by Crippen LogP contribution is -2.49. The molecule has 1 aromatic rings. The highest BCUT2D eigenvalue weighted by Crippen LogP contribution is 2.30. The van der Waals surface area contributed by atoms with Crippen LogP contribution in [0.1, 0.15) is 23.2 Å². The van der Waals surface area contributed by atoms with Crippen molar-refractivity contribution in [3.63, 3.8) is 0 Å². The van der Waals surface area contributed by atoms with E-state index in [1.165, 1.54) is 30.2 Å². The Morgan fingerprint density at radius 2 is 2.04 bits per heavy atom. The van der Waals surface area contributed by atoms with Gasteiger partial charge in [-0.25, -0.2) is 18.4 Å². The predicted octanol–water partition coefficient (Wildman–Crippen LogP) is 1.75. The van der Waals surface area contributed by atoms with Crippen LogP contribution in [-0.4, -0.2) is 51.3 Å². The molecule has 1 saturated heterocycles. The van der Waals surface area contributed by atoms with Gasteiger partial charge in [-0.2, -0.15) is 0 Å². The van der Waals surface area contributed by atoms with E-state index in [1.807, 2.05) is 0 Å². The largest absolute Gasteiger partial charge is 0.488 e. The topological polar surface area (TPSA) is 93.9 Å². The molecule has 0 spiro atoms. The molecule has 7 nitrogen and oxygen atoms in total. The van der Waals surface area contributed by atoms with Gasteiger partial charge in [-0.3, -0.25) is 4.90 Å². The van der Waals surface area contributed by atoms with E-state index >= 15 is 0 Å². The van der Waals surface area contributed by atoms with Crippen molar-refractivity contribution in [2.75, 3.05) is 31.7 Å². The van der Waals surface area contributed by atoms with Crippen molar-refractivity contribution < 1.29 is 27.8 Å². The number of carbonyl (C=O) groups excluding carboxylic acids is 2. The van der Waals surface area contributed by atoms with Crippen molar-refractivity contribution in [3.05, 3.63) is 23.8 Å². The molecule has 3 N–H and O–H groups in total. The average molecular weight is 357 g/mol. The number of esters is 1. The van der Waals surface area contributed by atoms with Crippen LogP contribution in [0.15, 0.2) is 18.2 Å². The molecular formula is C16H21F2N3O4. The molecule has 25 heavy (non-hydrogen) atoms. The van der Waals surface area contributed by atoms with Gasteiger partial charge in [0.05, 0.1) is 18.4 Å². The number of benzene rings is 1. The van der Waals surface area contributed by atoms with Crippen molar-refractivity contribution in [2.45, 2.75) is 25.3 Å². The number of carbonyl (C=O) groups is 2. The number of nitrogens with one attached hydrogen (secondary N) is 1. The lowest BCUT2D eigenvalue weighted by Gasteiger charge is -2.34. The van der Waals surface area contributed by atoms with Crippen molar-refractivity contribution in [3.8, 4) is 5.75 Å². The maximum absolute atomic E-state index is 12.3. The molecule has 1 aliphatic rings. The molecule has 1 heterocycles. The number of piperidine rings is 1. The number of amides is 2. The highest BCUT2D eigenvalue weighted by Gasteiger charge is 2.29. The highest BCUT2D eigenvalue weighted by molar-refractivity contribution is 6.02. The Bertz CT molecular complexity index is 621. The summed E-state index contributed by atoms with van der Waals surface area (Å²) in [5.41, 5.74) is 5.84. The van der Waals surface area contributed by atoms with E-state index in [9.17, 15) is 18.4 Å². The van der Waals surface area contributed by atoms with Gasteiger partial charge in [0, 0.05) is 6.04 Å². The molecular weight excluding hydrogens is 336 g/mol. The summed E-state index contributed by atoms with van der Waals surface area (Å²) >= 11 is 0. The van der Waals surface area contributed by atoms with Crippen LogP contribution in [0.3, 0.4) is 0 Å². The number of primary amides is 1. The molecule has 9 heteroatoms. The number of hydrogen-bond acceptors (Lipinski definition) is 5. The monoisotopic (exact) mass is 357 g/mol. The summed E-state index contributed by atoms with van der Waals surface area (Å²) in [4.78, 5) is 25.5. The highest BCUT2D eigenvalue weighted by atomic mass is 19.3. The van der Waals surface area contributed by atoms with Crippen molar-refractivity contribution in [1.29, 1.82) is 0 Å². The Kier molecular flexibility index (Phi) is 6.51. The number of ether oxygens (including phenoxy) is 2. The standard InChI is InChI=1S/C16H21F2N3O4/c1-24-15(22)12-8-11(25-9-14(17)18)2-3-13(12)21(16(19)23)10-4-6-20-7-5-10/h2-3,8,10,14,20H,4-7,9H2,1H3,(H2,19,23). The van der Waals surface area contributed by atoms with Crippen molar-refractivity contribution in [2.24, 2.45) is 5.73 Å². The van der Waals surface area contributed by atoms with Crippen molar-refractivity contribution in [1.82, 2.24) is 5.32 Å². The van der Waals surface area contributed by atoms with Crippen LogP contribution in [0.5, 0.6) is 5.75 Å².